The Morgan fingerprint density at radius 2 is 2.18 bits per heavy atom. The van der Waals surface area contributed by atoms with Gasteiger partial charge in [0.05, 0.1) is 6.33 Å². The number of aromatic nitrogens is 4. The highest BCUT2D eigenvalue weighted by Crippen LogP contribution is 2.03. The van der Waals surface area contributed by atoms with Crippen molar-refractivity contribution in [3.63, 3.8) is 0 Å². The van der Waals surface area contributed by atoms with E-state index in [1.807, 2.05) is 18.6 Å². The van der Waals surface area contributed by atoms with Crippen molar-refractivity contribution in [2.24, 2.45) is 0 Å². The Morgan fingerprint density at radius 1 is 1.24 bits per heavy atom. The molecule has 0 saturated heterocycles. The Balaban J connectivity index is 1.61. The number of nitrogens with zero attached hydrogens (tertiary/aromatic N) is 4. The minimum atomic E-state index is 0.440. The van der Waals surface area contributed by atoms with Gasteiger partial charge in [0, 0.05) is 25.5 Å². The third-order valence-corrected chi connectivity index (χ3v) is 2.39. The Labute approximate surface area is 99.9 Å². The molecule has 2 aromatic rings. The summed E-state index contributed by atoms with van der Waals surface area (Å²) in [7, 11) is 0. The number of hydrogen-bond acceptors (Lipinski definition) is 5. The molecule has 0 saturated carbocycles. The molecule has 0 aliphatic rings. The lowest BCUT2D eigenvalue weighted by Gasteiger charge is -2.05. The van der Waals surface area contributed by atoms with Gasteiger partial charge in [-0.25, -0.2) is 4.98 Å². The third-order valence-electron chi connectivity index (χ3n) is 2.39. The van der Waals surface area contributed by atoms with Crippen LogP contribution in [0.1, 0.15) is 12.8 Å². The fraction of sp³-hybridized carbons (Fsp3) is 0.364. The molecule has 17 heavy (non-hydrogen) atoms. The van der Waals surface area contributed by atoms with Crippen LogP contribution in [-0.4, -0.2) is 26.3 Å². The smallest absolute Gasteiger partial charge is 0.148 e. The van der Waals surface area contributed by atoms with Gasteiger partial charge in [-0.05, 0) is 25.0 Å². The number of anilines is 2. The highest BCUT2D eigenvalue weighted by molar-refractivity contribution is 5.38. The van der Waals surface area contributed by atoms with Gasteiger partial charge in [-0.15, -0.1) is 10.2 Å². The molecule has 0 amide bonds. The van der Waals surface area contributed by atoms with Crippen LogP contribution < -0.4 is 11.1 Å². The molecule has 3 N–H and O–H groups in total. The van der Waals surface area contributed by atoms with Crippen LogP contribution in [0.5, 0.6) is 0 Å². The summed E-state index contributed by atoms with van der Waals surface area (Å²) in [6.07, 6.45) is 7.77. The second kappa shape index (κ2) is 5.83. The summed E-state index contributed by atoms with van der Waals surface area (Å²) in [5.41, 5.74) is 5.45. The molecule has 0 aromatic carbocycles. The monoisotopic (exact) mass is 232 g/mol. The molecule has 0 spiro atoms. The van der Waals surface area contributed by atoms with E-state index >= 15 is 0 Å². The van der Waals surface area contributed by atoms with Gasteiger partial charge in [0.1, 0.15) is 11.6 Å². The van der Waals surface area contributed by atoms with Gasteiger partial charge in [0.25, 0.3) is 0 Å². The average molecular weight is 232 g/mol. The van der Waals surface area contributed by atoms with Crippen LogP contribution in [0.4, 0.5) is 11.6 Å². The standard InChI is InChI=1S/C11H16N6/c12-10-3-4-11(16-15-10)14-5-1-2-7-17-8-6-13-9-17/h3-4,6,8-9H,1-2,5,7H2,(H2,12,15)(H,14,16). The minimum absolute atomic E-state index is 0.440. The van der Waals surface area contributed by atoms with Crippen LogP contribution in [0, 0.1) is 0 Å². The summed E-state index contributed by atoms with van der Waals surface area (Å²) < 4.78 is 2.07. The molecule has 0 radical (unpaired) electrons. The molecular weight excluding hydrogens is 216 g/mol. The predicted molar refractivity (Wildman–Crippen MR) is 66.4 cm³/mol. The third kappa shape index (κ3) is 3.75. The fourth-order valence-electron chi connectivity index (χ4n) is 1.49. The SMILES string of the molecule is Nc1ccc(NCCCCn2ccnc2)nn1. The molecule has 0 bridgehead atoms. The first-order chi connectivity index (χ1) is 8.34. The molecule has 2 heterocycles. The van der Waals surface area contributed by atoms with Gasteiger partial charge in [-0.3, -0.25) is 0 Å². The Morgan fingerprint density at radius 3 is 2.88 bits per heavy atom. The second-order valence-electron chi connectivity index (χ2n) is 3.78. The zero-order valence-corrected chi connectivity index (χ0v) is 9.58. The van der Waals surface area contributed by atoms with Crippen molar-refractivity contribution in [3.05, 3.63) is 30.9 Å². The normalized spacial score (nSPS) is 10.4. The van der Waals surface area contributed by atoms with Crippen molar-refractivity contribution in [3.8, 4) is 0 Å². The number of nitrogens with one attached hydrogen (secondary N) is 1. The highest BCUT2D eigenvalue weighted by Gasteiger charge is 1.95. The van der Waals surface area contributed by atoms with E-state index in [0.29, 0.717) is 5.82 Å². The van der Waals surface area contributed by atoms with Crippen molar-refractivity contribution in [2.75, 3.05) is 17.6 Å². The van der Waals surface area contributed by atoms with Crippen molar-refractivity contribution < 1.29 is 0 Å². The van der Waals surface area contributed by atoms with Gasteiger partial charge < -0.3 is 15.6 Å². The average Bonchev–Trinajstić information content (AvgIpc) is 2.84. The van der Waals surface area contributed by atoms with Crippen LogP contribution in [-0.2, 0) is 6.54 Å². The van der Waals surface area contributed by atoms with Gasteiger partial charge in [0.2, 0.25) is 0 Å². The lowest BCUT2D eigenvalue weighted by Crippen LogP contribution is -2.06. The van der Waals surface area contributed by atoms with E-state index in [0.717, 1.165) is 31.7 Å². The second-order valence-corrected chi connectivity index (χ2v) is 3.78. The van der Waals surface area contributed by atoms with Crippen LogP contribution >= 0.6 is 0 Å². The first-order valence-corrected chi connectivity index (χ1v) is 5.63. The quantitative estimate of drug-likeness (QED) is 0.730. The van der Waals surface area contributed by atoms with E-state index in [2.05, 4.69) is 25.1 Å². The van der Waals surface area contributed by atoms with Gasteiger partial charge in [0.15, 0.2) is 0 Å². The molecule has 6 heteroatoms. The summed E-state index contributed by atoms with van der Waals surface area (Å²) in [4.78, 5) is 3.99. The molecule has 90 valence electrons. The van der Waals surface area contributed by atoms with Crippen molar-refractivity contribution >= 4 is 11.6 Å². The topological polar surface area (TPSA) is 81.6 Å². The van der Waals surface area contributed by atoms with Crippen LogP contribution in [0.2, 0.25) is 0 Å². The number of imidazole rings is 1. The number of nitrogens with two attached hydrogens (primary N) is 1. The van der Waals surface area contributed by atoms with Crippen molar-refractivity contribution in [2.45, 2.75) is 19.4 Å². The van der Waals surface area contributed by atoms with Gasteiger partial charge in [-0.1, -0.05) is 0 Å². The number of unbranched alkanes of at least 4 members (excludes halogenated alkanes) is 1. The van der Waals surface area contributed by atoms with Crippen LogP contribution in [0.3, 0.4) is 0 Å². The van der Waals surface area contributed by atoms with Crippen molar-refractivity contribution in [1.29, 1.82) is 0 Å². The van der Waals surface area contributed by atoms with Crippen LogP contribution in [0.15, 0.2) is 30.9 Å². The molecule has 0 unspecified atom stereocenters. The molecule has 6 nitrogen and oxygen atoms in total. The van der Waals surface area contributed by atoms with Crippen LogP contribution in [0.25, 0.3) is 0 Å². The number of hydrogen-bond donors (Lipinski definition) is 2. The number of aryl methyl sites for hydroxylation is 1. The molecule has 0 aliphatic carbocycles. The van der Waals surface area contributed by atoms with E-state index in [1.165, 1.54) is 0 Å². The maximum absolute atomic E-state index is 5.45. The molecule has 2 rings (SSSR count). The maximum atomic E-state index is 5.45. The zero-order valence-electron chi connectivity index (χ0n) is 9.58. The number of rotatable bonds is 6. The predicted octanol–water partition coefficient (Wildman–Crippen LogP) is 1.15. The highest BCUT2D eigenvalue weighted by atomic mass is 15.2. The summed E-state index contributed by atoms with van der Waals surface area (Å²) in [6, 6.07) is 3.57. The van der Waals surface area contributed by atoms with E-state index in [1.54, 1.807) is 12.3 Å². The van der Waals surface area contributed by atoms with Crippen molar-refractivity contribution in [1.82, 2.24) is 19.7 Å². The lowest BCUT2D eigenvalue weighted by molar-refractivity contribution is 0.620. The molecule has 0 aliphatic heterocycles. The summed E-state index contributed by atoms with van der Waals surface area (Å²) in [5.74, 6) is 1.21. The minimum Gasteiger partial charge on any atom is -0.382 e. The molecule has 0 atom stereocenters. The van der Waals surface area contributed by atoms with E-state index in [4.69, 9.17) is 5.73 Å². The number of nitrogen functional groups attached to an aromatic ring is 1. The fourth-order valence-corrected chi connectivity index (χ4v) is 1.49. The summed E-state index contributed by atoms with van der Waals surface area (Å²) in [5, 5.41) is 10.9. The molecular formula is C11H16N6. The first-order valence-electron chi connectivity index (χ1n) is 5.63. The van der Waals surface area contributed by atoms with E-state index in [-0.39, 0.29) is 0 Å². The Hall–Kier alpha value is -2.11. The zero-order chi connectivity index (χ0) is 11.9. The summed E-state index contributed by atoms with van der Waals surface area (Å²) >= 11 is 0. The van der Waals surface area contributed by atoms with E-state index < -0.39 is 0 Å². The van der Waals surface area contributed by atoms with E-state index in [9.17, 15) is 0 Å². The van der Waals surface area contributed by atoms with Gasteiger partial charge >= 0.3 is 0 Å². The van der Waals surface area contributed by atoms with Gasteiger partial charge in [-0.2, -0.15) is 0 Å². The first kappa shape index (κ1) is 11.4. The largest absolute Gasteiger partial charge is 0.382 e. The maximum Gasteiger partial charge on any atom is 0.148 e. The summed E-state index contributed by atoms with van der Waals surface area (Å²) in [6.45, 7) is 1.88. The lowest BCUT2D eigenvalue weighted by atomic mass is 10.3. The molecule has 2 aromatic heterocycles. The Bertz CT molecular complexity index is 422. The molecule has 0 fully saturated rings. The Kier molecular flexibility index (Phi) is 3.90.